The van der Waals surface area contributed by atoms with Gasteiger partial charge in [0, 0.05) is 6.42 Å². The van der Waals surface area contributed by atoms with Gasteiger partial charge in [-0.3, -0.25) is 0 Å². The SMILES string of the molecule is C=C1/C(=C/C=C2\CCC[C@]3(C)[C@@H](C)CC[C@@H]23)C[C@@H](O[Si](C)(C)C(C)(C)C)C[C@@H]1O[Si](C)(C)C(C)(C)C. The zero-order valence-electron chi connectivity index (χ0n) is 25.9. The predicted octanol–water partition coefficient (Wildman–Crippen LogP) is 10.2. The van der Waals surface area contributed by atoms with Crippen molar-refractivity contribution in [1.82, 2.24) is 0 Å². The highest BCUT2D eigenvalue weighted by atomic mass is 28.4. The molecule has 0 unspecified atom stereocenters. The van der Waals surface area contributed by atoms with Gasteiger partial charge in [-0.15, -0.1) is 0 Å². The molecule has 2 nitrogen and oxygen atoms in total. The molecule has 3 rings (SSSR count). The van der Waals surface area contributed by atoms with E-state index in [2.05, 4.69) is 100 Å². The summed E-state index contributed by atoms with van der Waals surface area (Å²) in [7, 11) is -3.80. The fraction of sp³-hybridized carbons (Fsp3) is 0.812. The van der Waals surface area contributed by atoms with Gasteiger partial charge >= 0.3 is 0 Å². The maximum absolute atomic E-state index is 7.02. The van der Waals surface area contributed by atoms with Crippen LogP contribution in [0.3, 0.4) is 0 Å². The van der Waals surface area contributed by atoms with Gasteiger partial charge in [-0.1, -0.05) is 79.7 Å². The molecule has 0 aliphatic heterocycles. The molecule has 3 saturated carbocycles. The summed E-state index contributed by atoms with van der Waals surface area (Å²) in [5.74, 6) is 1.60. The fourth-order valence-electron chi connectivity index (χ4n) is 6.26. The first-order chi connectivity index (χ1) is 16.3. The van der Waals surface area contributed by atoms with Gasteiger partial charge in [-0.2, -0.15) is 0 Å². The molecule has 0 amide bonds. The molecule has 0 saturated heterocycles. The molecular weight excluding hydrogens is 473 g/mol. The Bertz CT molecular complexity index is 883. The van der Waals surface area contributed by atoms with E-state index in [4.69, 9.17) is 8.85 Å². The molecule has 36 heavy (non-hydrogen) atoms. The summed E-state index contributed by atoms with van der Waals surface area (Å²) in [6, 6.07) is 0. The standard InChI is InChI=1S/C32H58O2Si2/c1-23-16-19-28-25(15-14-20-32(23,28)9)17-18-26-21-27(33-35(10,11)30(3,4)5)22-29(24(26)2)34-36(12,13)31(6,7)8/h17-18,23,27-29H,2,14-16,19-22H2,1,3-13H3/b25-17+,26-18+/t23-,27+,28-,29-,32+/m0/s1. The lowest BCUT2D eigenvalue weighted by Crippen LogP contribution is -2.49. The highest BCUT2D eigenvalue weighted by molar-refractivity contribution is 6.74. The van der Waals surface area contributed by atoms with Gasteiger partial charge in [-0.25, -0.2) is 0 Å². The van der Waals surface area contributed by atoms with Crippen LogP contribution in [-0.2, 0) is 8.85 Å². The Hall–Kier alpha value is -0.426. The monoisotopic (exact) mass is 530 g/mol. The zero-order chi connectivity index (χ0) is 27.3. The lowest BCUT2D eigenvalue weighted by molar-refractivity contribution is 0.0969. The van der Waals surface area contributed by atoms with Crippen molar-refractivity contribution in [2.24, 2.45) is 17.3 Å². The van der Waals surface area contributed by atoms with E-state index >= 15 is 0 Å². The Morgan fingerprint density at radius 3 is 2.08 bits per heavy atom. The number of allylic oxidation sites excluding steroid dienone is 3. The third-order valence-corrected chi connectivity index (χ3v) is 20.2. The van der Waals surface area contributed by atoms with Gasteiger partial charge in [0.2, 0.25) is 0 Å². The van der Waals surface area contributed by atoms with Gasteiger partial charge in [0.25, 0.3) is 0 Å². The second-order valence-corrected chi connectivity index (χ2v) is 25.2. The lowest BCUT2D eigenvalue weighted by Gasteiger charge is -2.45. The first kappa shape index (κ1) is 30.1. The number of fused-ring (bicyclic) bond motifs is 1. The zero-order valence-corrected chi connectivity index (χ0v) is 27.9. The molecule has 0 aromatic rings. The number of rotatable bonds is 5. The largest absolute Gasteiger partial charge is 0.413 e. The summed E-state index contributed by atoms with van der Waals surface area (Å²) >= 11 is 0. The Morgan fingerprint density at radius 2 is 1.50 bits per heavy atom. The van der Waals surface area contributed by atoms with Crippen LogP contribution in [0, 0.1) is 17.3 Å². The molecule has 0 bridgehead atoms. The molecule has 0 N–H and O–H groups in total. The van der Waals surface area contributed by atoms with Crippen molar-refractivity contribution in [1.29, 1.82) is 0 Å². The van der Waals surface area contributed by atoms with Crippen molar-refractivity contribution in [2.75, 3.05) is 0 Å². The quantitative estimate of drug-likeness (QED) is 0.329. The number of hydrogen-bond acceptors (Lipinski definition) is 2. The summed E-state index contributed by atoms with van der Waals surface area (Å²) in [5, 5.41) is 0.382. The molecule has 3 aliphatic rings. The van der Waals surface area contributed by atoms with E-state index in [1.807, 2.05) is 0 Å². The molecule has 0 heterocycles. The van der Waals surface area contributed by atoms with E-state index in [0.29, 0.717) is 5.41 Å². The third-order valence-electron chi connectivity index (χ3n) is 11.2. The lowest BCUT2D eigenvalue weighted by atomic mass is 9.64. The predicted molar refractivity (Wildman–Crippen MR) is 163 cm³/mol. The summed E-state index contributed by atoms with van der Waals surface area (Å²) in [5.41, 5.74) is 4.74. The Morgan fingerprint density at radius 1 is 0.917 bits per heavy atom. The van der Waals surface area contributed by atoms with E-state index in [0.717, 1.165) is 24.7 Å². The van der Waals surface area contributed by atoms with Crippen LogP contribution in [0.2, 0.25) is 36.3 Å². The fourth-order valence-corrected chi connectivity index (χ4v) is 8.93. The average Bonchev–Trinajstić information content (AvgIpc) is 3.02. The Balaban J connectivity index is 1.92. The topological polar surface area (TPSA) is 18.5 Å². The van der Waals surface area contributed by atoms with Crippen molar-refractivity contribution in [2.45, 2.75) is 149 Å². The van der Waals surface area contributed by atoms with Gasteiger partial charge in [0.1, 0.15) is 0 Å². The molecule has 3 aliphatic carbocycles. The minimum atomic E-state index is -1.93. The second kappa shape index (κ2) is 10.3. The van der Waals surface area contributed by atoms with Gasteiger partial charge in [0.15, 0.2) is 16.6 Å². The third kappa shape index (κ3) is 6.08. The van der Waals surface area contributed by atoms with Crippen LogP contribution in [-0.4, -0.2) is 28.8 Å². The highest BCUT2D eigenvalue weighted by Crippen LogP contribution is 2.57. The van der Waals surface area contributed by atoms with E-state index in [1.54, 1.807) is 5.57 Å². The summed E-state index contributed by atoms with van der Waals surface area (Å²) < 4.78 is 14.0. The van der Waals surface area contributed by atoms with Gasteiger partial charge in [0.05, 0.1) is 12.2 Å². The van der Waals surface area contributed by atoms with Crippen molar-refractivity contribution in [3.8, 4) is 0 Å². The molecule has 4 heteroatoms. The van der Waals surface area contributed by atoms with Crippen LogP contribution in [0.4, 0.5) is 0 Å². The first-order valence-corrected chi connectivity index (χ1v) is 20.5. The van der Waals surface area contributed by atoms with E-state index in [1.165, 1.54) is 43.3 Å². The molecule has 0 spiro atoms. The molecule has 5 atom stereocenters. The molecule has 3 fully saturated rings. The minimum absolute atomic E-state index is 0.0576. The maximum atomic E-state index is 7.02. The highest BCUT2D eigenvalue weighted by Gasteiger charge is 2.47. The molecular formula is C32H58O2Si2. The van der Waals surface area contributed by atoms with E-state index in [-0.39, 0.29) is 22.3 Å². The van der Waals surface area contributed by atoms with E-state index in [9.17, 15) is 0 Å². The second-order valence-electron chi connectivity index (χ2n) is 15.7. The number of hydrogen-bond donors (Lipinski definition) is 0. The van der Waals surface area contributed by atoms with Crippen LogP contribution >= 0.6 is 0 Å². The van der Waals surface area contributed by atoms with Gasteiger partial charge < -0.3 is 8.85 Å². The summed E-state index contributed by atoms with van der Waals surface area (Å²) in [4.78, 5) is 0. The summed E-state index contributed by atoms with van der Waals surface area (Å²) in [6.07, 6.45) is 13.8. The van der Waals surface area contributed by atoms with Crippen molar-refractivity contribution >= 4 is 16.6 Å². The van der Waals surface area contributed by atoms with Crippen LogP contribution in [0.5, 0.6) is 0 Å². The van der Waals surface area contributed by atoms with Gasteiger partial charge in [-0.05, 0) is 103 Å². The normalized spacial score (nSPS) is 34.9. The minimum Gasteiger partial charge on any atom is -0.413 e. The van der Waals surface area contributed by atoms with Crippen molar-refractivity contribution in [3.05, 3.63) is 35.5 Å². The molecule has 0 radical (unpaired) electrons. The van der Waals surface area contributed by atoms with Crippen LogP contribution in [0.15, 0.2) is 35.5 Å². The smallest absolute Gasteiger partial charge is 0.192 e. The molecule has 0 aromatic carbocycles. The van der Waals surface area contributed by atoms with Crippen molar-refractivity contribution < 1.29 is 8.85 Å². The summed E-state index contributed by atoms with van der Waals surface area (Å²) in [6.45, 7) is 33.2. The maximum Gasteiger partial charge on any atom is 0.192 e. The van der Waals surface area contributed by atoms with E-state index < -0.39 is 16.6 Å². The average molecular weight is 531 g/mol. The molecule has 206 valence electrons. The Kier molecular flexibility index (Phi) is 8.60. The van der Waals surface area contributed by atoms with Crippen molar-refractivity contribution in [3.63, 3.8) is 0 Å². The van der Waals surface area contributed by atoms with Crippen LogP contribution in [0.25, 0.3) is 0 Å². The van der Waals surface area contributed by atoms with Crippen LogP contribution < -0.4 is 0 Å². The first-order valence-electron chi connectivity index (χ1n) is 14.7. The Labute approximate surface area is 226 Å². The molecule has 0 aromatic heterocycles. The van der Waals surface area contributed by atoms with Crippen LogP contribution in [0.1, 0.15) is 100 Å².